The first-order chi connectivity index (χ1) is 13.2. The van der Waals surface area contributed by atoms with Gasteiger partial charge >= 0.3 is 0 Å². The second-order valence-electron chi connectivity index (χ2n) is 7.43. The topological polar surface area (TPSA) is 65.5 Å². The Morgan fingerprint density at radius 1 is 1.15 bits per heavy atom. The number of carbonyl (C=O) groups is 2. The van der Waals surface area contributed by atoms with E-state index in [9.17, 15) is 9.59 Å². The number of amides is 2. The van der Waals surface area contributed by atoms with Crippen LogP contribution < -0.4 is 5.32 Å². The van der Waals surface area contributed by atoms with Gasteiger partial charge in [0, 0.05) is 38.6 Å². The molecule has 1 N–H and O–H groups in total. The minimum Gasteiger partial charge on any atom is -0.352 e. The molecule has 1 saturated carbocycles. The minimum atomic E-state index is 0.119. The van der Waals surface area contributed by atoms with Crippen molar-refractivity contribution in [2.45, 2.75) is 38.1 Å². The zero-order chi connectivity index (χ0) is 18.6. The van der Waals surface area contributed by atoms with Crippen LogP contribution in [0.15, 0.2) is 24.3 Å². The number of hydrogen-bond acceptors (Lipinski definition) is 5. The van der Waals surface area contributed by atoms with E-state index < -0.39 is 0 Å². The summed E-state index contributed by atoms with van der Waals surface area (Å²) in [5.74, 6) is 0.339. The summed E-state index contributed by atoms with van der Waals surface area (Å²) in [5, 5.41) is 4.13. The molecule has 0 atom stereocenters. The van der Waals surface area contributed by atoms with E-state index >= 15 is 0 Å². The van der Waals surface area contributed by atoms with Gasteiger partial charge in [-0.15, -0.1) is 11.3 Å². The highest BCUT2D eigenvalue weighted by molar-refractivity contribution is 7.18. The van der Waals surface area contributed by atoms with Crippen LogP contribution in [0, 0.1) is 0 Å². The lowest BCUT2D eigenvalue weighted by Crippen LogP contribution is -2.51. The van der Waals surface area contributed by atoms with Crippen LogP contribution in [-0.4, -0.2) is 65.4 Å². The molecule has 0 radical (unpaired) electrons. The Kier molecular flexibility index (Phi) is 5.69. The first-order valence-electron chi connectivity index (χ1n) is 9.81. The Hall–Kier alpha value is -1.99. The SMILES string of the molecule is O=C(CN1CCN(C(=O)CCCc2nc3ccccc3s2)CC1)NC1CC1. The maximum atomic E-state index is 12.5. The van der Waals surface area contributed by atoms with Gasteiger partial charge in [-0.3, -0.25) is 14.5 Å². The third-order valence-corrected chi connectivity index (χ3v) is 6.25. The summed E-state index contributed by atoms with van der Waals surface area (Å²) in [6.07, 6.45) is 4.49. The Morgan fingerprint density at radius 2 is 1.93 bits per heavy atom. The Labute approximate surface area is 163 Å². The predicted octanol–water partition coefficient (Wildman–Crippen LogP) is 2.04. The van der Waals surface area contributed by atoms with Gasteiger partial charge in [-0.1, -0.05) is 12.1 Å². The van der Waals surface area contributed by atoms with Crippen molar-refractivity contribution >= 4 is 33.4 Å². The first-order valence-corrected chi connectivity index (χ1v) is 10.6. The van der Waals surface area contributed by atoms with Crippen LogP contribution in [0.3, 0.4) is 0 Å². The molecule has 1 aliphatic carbocycles. The lowest BCUT2D eigenvalue weighted by molar-refractivity contribution is -0.133. The fourth-order valence-electron chi connectivity index (χ4n) is 3.44. The van der Waals surface area contributed by atoms with Gasteiger partial charge in [0.15, 0.2) is 0 Å². The Morgan fingerprint density at radius 3 is 2.67 bits per heavy atom. The quantitative estimate of drug-likeness (QED) is 0.791. The number of hydrogen-bond donors (Lipinski definition) is 1. The van der Waals surface area contributed by atoms with Gasteiger partial charge in [-0.25, -0.2) is 4.98 Å². The molecule has 1 aromatic heterocycles. The summed E-state index contributed by atoms with van der Waals surface area (Å²) in [7, 11) is 0. The third-order valence-electron chi connectivity index (χ3n) is 5.15. The van der Waals surface area contributed by atoms with Crippen LogP contribution in [-0.2, 0) is 16.0 Å². The van der Waals surface area contributed by atoms with Crippen molar-refractivity contribution in [2.75, 3.05) is 32.7 Å². The standard InChI is InChI=1S/C20H26N4O2S/c25-18(21-15-8-9-15)14-23-10-12-24(13-11-23)20(26)7-3-6-19-22-16-4-1-2-5-17(16)27-19/h1-2,4-5,15H,3,6-14H2,(H,21,25). The van der Waals surface area contributed by atoms with E-state index in [4.69, 9.17) is 0 Å². The number of fused-ring (bicyclic) bond motifs is 1. The summed E-state index contributed by atoms with van der Waals surface area (Å²) >= 11 is 1.72. The molecule has 6 nitrogen and oxygen atoms in total. The molecule has 2 amide bonds. The molecule has 0 unspecified atom stereocenters. The van der Waals surface area contributed by atoms with E-state index in [-0.39, 0.29) is 11.8 Å². The average molecular weight is 387 g/mol. The first kappa shape index (κ1) is 18.4. The van der Waals surface area contributed by atoms with E-state index in [0.29, 0.717) is 19.0 Å². The largest absolute Gasteiger partial charge is 0.352 e. The van der Waals surface area contributed by atoms with Crippen molar-refractivity contribution in [3.05, 3.63) is 29.3 Å². The summed E-state index contributed by atoms with van der Waals surface area (Å²) in [6, 6.07) is 8.57. The fourth-order valence-corrected chi connectivity index (χ4v) is 4.44. The number of aromatic nitrogens is 1. The van der Waals surface area contributed by atoms with Gasteiger partial charge in [0.1, 0.15) is 0 Å². The number of rotatable bonds is 7. The lowest BCUT2D eigenvalue weighted by Gasteiger charge is -2.34. The number of piperazine rings is 1. The van der Waals surface area contributed by atoms with Crippen molar-refractivity contribution in [2.24, 2.45) is 0 Å². The van der Waals surface area contributed by atoms with Crippen molar-refractivity contribution in [1.29, 1.82) is 0 Å². The highest BCUT2D eigenvalue weighted by Gasteiger charge is 2.26. The number of para-hydroxylation sites is 1. The van der Waals surface area contributed by atoms with Gasteiger partial charge < -0.3 is 10.2 Å². The van der Waals surface area contributed by atoms with E-state index in [1.807, 2.05) is 23.1 Å². The van der Waals surface area contributed by atoms with E-state index in [0.717, 1.165) is 62.4 Å². The number of aryl methyl sites for hydroxylation is 1. The summed E-state index contributed by atoms with van der Waals surface area (Å²) < 4.78 is 1.21. The molecule has 2 aliphatic rings. The van der Waals surface area contributed by atoms with Crippen LogP contribution in [0.5, 0.6) is 0 Å². The average Bonchev–Trinajstić information content (AvgIpc) is 3.38. The van der Waals surface area contributed by atoms with Crippen LogP contribution in [0.25, 0.3) is 10.2 Å². The molecule has 27 heavy (non-hydrogen) atoms. The fraction of sp³-hybridized carbons (Fsp3) is 0.550. The summed E-state index contributed by atoms with van der Waals surface area (Å²) in [5.41, 5.74) is 1.05. The highest BCUT2D eigenvalue weighted by atomic mass is 32.1. The van der Waals surface area contributed by atoms with Crippen LogP contribution in [0.1, 0.15) is 30.7 Å². The van der Waals surface area contributed by atoms with Crippen LogP contribution in [0.4, 0.5) is 0 Å². The van der Waals surface area contributed by atoms with Crippen LogP contribution in [0.2, 0.25) is 0 Å². The van der Waals surface area contributed by atoms with Crippen molar-refractivity contribution in [1.82, 2.24) is 20.1 Å². The zero-order valence-corrected chi connectivity index (χ0v) is 16.3. The molecule has 2 heterocycles. The molecule has 4 rings (SSSR count). The highest BCUT2D eigenvalue weighted by Crippen LogP contribution is 2.23. The molecule has 144 valence electrons. The molecule has 2 aromatic rings. The van der Waals surface area contributed by atoms with Crippen molar-refractivity contribution in [3.63, 3.8) is 0 Å². The molecule has 1 saturated heterocycles. The van der Waals surface area contributed by atoms with Gasteiger partial charge in [0.2, 0.25) is 11.8 Å². The number of thiazole rings is 1. The van der Waals surface area contributed by atoms with E-state index in [1.165, 1.54) is 4.70 Å². The molecular weight excluding hydrogens is 360 g/mol. The maximum absolute atomic E-state index is 12.5. The molecule has 7 heteroatoms. The molecule has 0 bridgehead atoms. The molecule has 0 spiro atoms. The smallest absolute Gasteiger partial charge is 0.234 e. The maximum Gasteiger partial charge on any atom is 0.234 e. The van der Waals surface area contributed by atoms with Gasteiger partial charge in [0.25, 0.3) is 0 Å². The monoisotopic (exact) mass is 386 g/mol. The van der Waals surface area contributed by atoms with Crippen LogP contribution >= 0.6 is 11.3 Å². The normalized spacial score (nSPS) is 18.0. The van der Waals surface area contributed by atoms with Gasteiger partial charge in [-0.05, 0) is 37.8 Å². The molecule has 2 fully saturated rings. The van der Waals surface area contributed by atoms with Gasteiger partial charge in [0.05, 0.1) is 21.8 Å². The number of carbonyl (C=O) groups excluding carboxylic acids is 2. The summed E-state index contributed by atoms with van der Waals surface area (Å²) in [4.78, 5) is 33.0. The van der Waals surface area contributed by atoms with Gasteiger partial charge in [-0.2, -0.15) is 0 Å². The van der Waals surface area contributed by atoms with E-state index in [1.54, 1.807) is 11.3 Å². The predicted molar refractivity (Wildman–Crippen MR) is 107 cm³/mol. The minimum absolute atomic E-state index is 0.119. The van der Waals surface area contributed by atoms with E-state index in [2.05, 4.69) is 21.3 Å². The van der Waals surface area contributed by atoms with Crippen molar-refractivity contribution < 1.29 is 9.59 Å². The number of benzene rings is 1. The second-order valence-corrected chi connectivity index (χ2v) is 8.54. The third kappa shape index (κ3) is 5.05. The molecule has 1 aliphatic heterocycles. The van der Waals surface area contributed by atoms with Crippen molar-refractivity contribution in [3.8, 4) is 0 Å². The Balaban J connectivity index is 1.16. The second kappa shape index (κ2) is 8.35. The number of nitrogens with zero attached hydrogens (tertiary/aromatic N) is 3. The number of nitrogens with one attached hydrogen (secondary N) is 1. The molecular formula is C20H26N4O2S. The lowest BCUT2D eigenvalue weighted by atomic mass is 10.2. The summed E-state index contributed by atoms with van der Waals surface area (Å²) in [6.45, 7) is 3.45. The Bertz CT molecular complexity index is 776. The zero-order valence-electron chi connectivity index (χ0n) is 15.5. The molecule has 1 aromatic carbocycles.